The number of thiazole rings is 1. The van der Waals surface area contributed by atoms with Gasteiger partial charge in [-0.3, -0.25) is 25.0 Å². The van der Waals surface area contributed by atoms with Gasteiger partial charge in [0.1, 0.15) is 5.69 Å². The van der Waals surface area contributed by atoms with Gasteiger partial charge >= 0.3 is 0 Å². The molecule has 1 aliphatic heterocycles. The number of rotatable bonds is 6. The number of anilines is 3. The number of likely N-dealkylation sites (N-methyl/N-ethyl adjacent to an activating group) is 1. The Morgan fingerprint density at radius 2 is 1.76 bits per heavy atom. The van der Waals surface area contributed by atoms with Crippen molar-refractivity contribution >= 4 is 45.3 Å². The number of hydrogen-bond donors (Lipinski definition) is 2. The molecule has 0 aliphatic carbocycles. The van der Waals surface area contributed by atoms with Crippen LogP contribution >= 0.6 is 11.3 Å². The standard InChI is InChI=1S/C23H24N6O4S/c1-15(30)24-18-6-3-16(4-7-18)19-14-34-23(25-19)26-22(31)17-5-8-20(21(13-17)29(32)33)28-11-9-27(2)10-12-28/h3-8,13-14H,9-12H2,1-2H3,(H,24,30)(H,25,26,31). The summed E-state index contributed by atoms with van der Waals surface area (Å²) >= 11 is 1.26. The molecule has 0 unspecified atom stereocenters. The maximum absolute atomic E-state index is 12.8. The number of benzene rings is 2. The average Bonchev–Trinajstić information content (AvgIpc) is 3.27. The number of nitrogens with one attached hydrogen (secondary N) is 2. The van der Waals surface area contributed by atoms with Crippen molar-refractivity contribution in [3.05, 3.63) is 63.5 Å². The Labute approximate surface area is 200 Å². The summed E-state index contributed by atoms with van der Waals surface area (Å²) in [6, 6.07) is 11.8. The molecular weight excluding hydrogens is 456 g/mol. The van der Waals surface area contributed by atoms with Crippen molar-refractivity contribution in [3.63, 3.8) is 0 Å². The Morgan fingerprint density at radius 3 is 2.41 bits per heavy atom. The molecular formula is C23H24N6O4S. The minimum Gasteiger partial charge on any atom is -0.363 e. The van der Waals surface area contributed by atoms with E-state index < -0.39 is 10.8 Å². The molecule has 4 rings (SSSR count). The molecule has 1 aromatic heterocycles. The summed E-state index contributed by atoms with van der Waals surface area (Å²) in [5.74, 6) is -0.613. The van der Waals surface area contributed by atoms with Gasteiger partial charge in [0, 0.05) is 61.4 Å². The zero-order valence-electron chi connectivity index (χ0n) is 18.8. The molecule has 0 radical (unpaired) electrons. The third kappa shape index (κ3) is 5.38. The summed E-state index contributed by atoms with van der Waals surface area (Å²) in [6.45, 7) is 4.47. The van der Waals surface area contributed by atoms with Crippen LogP contribution in [0.5, 0.6) is 0 Å². The van der Waals surface area contributed by atoms with Crippen molar-refractivity contribution in [1.82, 2.24) is 9.88 Å². The zero-order valence-corrected chi connectivity index (χ0v) is 19.6. The first kappa shape index (κ1) is 23.3. The van der Waals surface area contributed by atoms with Gasteiger partial charge in [-0.1, -0.05) is 12.1 Å². The lowest BCUT2D eigenvalue weighted by molar-refractivity contribution is -0.384. The first-order valence-electron chi connectivity index (χ1n) is 10.7. The van der Waals surface area contributed by atoms with Crippen LogP contribution in [-0.2, 0) is 4.79 Å². The largest absolute Gasteiger partial charge is 0.363 e. The number of nitro benzene ring substituents is 1. The smallest absolute Gasteiger partial charge is 0.293 e. The molecule has 2 heterocycles. The number of nitro groups is 1. The van der Waals surface area contributed by atoms with E-state index in [1.807, 2.05) is 29.5 Å². The number of hydrogen-bond acceptors (Lipinski definition) is 8. The first-order chi connectivity index (χ1) is 16.3. The van der Waals surface area contributed by atoms with Crippen LogP contribution in [0, 0.1) is 10.1 Å². The predicted molar refractivity (Wildman–Crippen MR) is 133 cm³/mol. The molecule has 0 atom stereocenters. The van der Waals surface area contributed by atoms with E-state index in [0.29, 0.717) is 35.3 Å². The van der Waals surface area contributed by atoms with Crippen molar-refractivity contribution in [3.8, 4) is 11.3 Å². The second kappa shape index (κ2) is 9.98. The highest BCUT2D eigenvalue weighted by atomic mass is 32.1. The highest BCUT2D eigenvalue weighted by Crippen LogP contribution is 2.31. The molecule has 176 valence electrons. The minimum absolute atomic E-state index is 0.0868. The Morgan fingerprint density at radius 1 is 1.06 bits per heavy atom. The maximum atomic E-state index is 12.8. The van der Waals surface area contributed by atoms with Gasteiger partial charge in [0.15, 0.2) is 5.13 Å². The van der Waals surface area contributed by atoms with Gasteiger partial charge in [0.25, 0.3) is 11.6 Å². The van der Waals surface area contributed by atoms with E-state index in [-0.39, 0.29) is 17.2 Å². The fraction of sp³-hybridized carbons (Fsp3) is 0.261. The molecule has 11 heteroatoms. The zero-order chi connectivity index (χ0) is 24.2. The highest BCUT2D eigenvalue weighted by Gasteiger charge is 2.24. The van der Waals surface area contributed by atoms with Crippen LogP contribution in [0.2, 0.25) is 0 Å². The van der Waals surface area contributed by atoms with Crippen molar-refractivity contribution < 1.29 is 14.5 Å². The summed E-state index contributed by atoms with van der Waals surface area (Å²) in [4.78, 5) is 43.8. The van der Waals surface area contributed by atoms with Crippen LogP contribution in [-0.4, -0.2) is 59.8 Å². The second-order valence-corrected chi connectivity index (χ2v) is 8.86. The molecule has 34 heavy (non-hydrogen) atoms. The summed E-state index contributed by atoms with van der Waals surface area (Å²) in [7, 11) is 2.02. The molecule has 0 saturated carbocycles. The fourth-order valence-corrected chi connectivity index (χ4v) is 4.40. The summed E-state index contributed by atoms with van der Waals surface area (Å²) in [5.41, 5.74) is 2.82. The van der Waals surface area contributed by atoms with E-state index in [1.165, 1.54) is 24.3 Å². The molecule has 1 saturated heterocycles. The number of piperazine rings is 1. The Kier molecular flexibility index (Phi) is 6.85. The Hall–Kier alpha value is -3.83. The topological polar surface area (TPSA) is 121 Å². The van der Waals surface area contributed by atoms with Crippen molar-refractivity contribution in [2.45, 2.75) is 6.92 Å². The first-order valence-corrected chi connectivity index (χ1v) is 11.5. The molecule has 3 aromatic rings. The van der Waals surface area contributed by atoms with Crippen LogP contribution in [0.3, 0.4) is 0 Å². The average molecular weight is 481 g/mol. The third-order valence-electron chi connectivity index (χ3n) is 5.50. The molecule has 2 aromatic carbocycles. The van der Waals surface area contributed by atoms with E-state index in [1.54, 1.807) is 24.3 Å². The Bertz CT molecular complexity index is 1220. The fourth-order valence-electron chi connectivity index (χ4n) is 3.69. The van der Waals surface area contributed by atoms with Gasteiger partial charge in [0.05, 0.1) is 10.6 Å². The number of carbonyl (C=O) groups is 2. The van der Waals surface area contributed by atoms with E-state index in [2.05, 4.69) is 20.5 Å². The number of nitrogens with zero attached hydrogens (tertiary/aromatic N) is 4. The summed E-state index contributed by atoms with van der Waals surface area (Å²) in [6.07, 6.45) is 0. The van der Waals surface area contributed by atoms with Gasteiger partial charge in [-0.2, -0.15) is 0 Å². The van der Waals surface area contributed by atoms with Crippen molar-refractivity contribution in [2.24, 2.45) is 0 Å². The molecule has 1 fully saturated rings. The lowest BCUT2D eigenvalue weighted by Gasteiger charge is -2.33. The van der Waals surface area contributed by atoms with Crippen LogP contribution in [0.15, 0.2) is 47.8 Å². The van der Waals surface area contributed by atoms with Gasteiger partial charge in [-0.15, -0.1) is 11.3 Å². The maximum Gasteiger partial charge on any atom is 0.293 e. The van der Waals surface area contributed by atoms with Gasteiger partial charge < -0.3 is 15.1 Å². The van der Waals surface area contributed by atoms with Crippen LogP contribution in [0.25, 0.3) is 11.3 Å². The Balaban J connectivity index is 1.47. The van der Waals surface area contributed by atoms with E-state index in [4.69, 9.17) is 0 Å². The molecule has 10 nitrogen and oxygen atoms in total. The quantitative estimate of drug-likeness (QED) is 0.408. The summed E-state index contributed by atoms with van der Waals surface area (Å²) in [5, 5.41) is 19.3. The summed E-state index contributed by atoms with van der Waals surface area (Å²) < 4.78 is 0. The normalized spacial score (nSPS) is 14.0. The third-order valence-corrected chi connectivity index (χ3v) is 6.26. The minimum atomic E-state index is -0.463. The van der Waals surface area contributed by atoms with Crippen LogP contribution in [0.1, 0.15) is 17.3 Å². The van der Waals surface area contributed by atoms with Gasteiger partial charge in [-0.25, -0.2) is 4.98 Å². The monoisotopic (exact) mass is 480 g/mol. The molecule has 2 amide bonds. The number of aromatic nitrogens is 1. The predicted octanol–water partition coefficient (Wildman–Crippen LogP) is 3.68. The van der Waals surface area contributed by atoms with Gasteiger partial charge in [-0.05, 0) is 31.3 Å². The van der Waals surface area contributed by atoms with Crippen LogP contribution in [0.4, 0.5) is 22.2 Å². The number of amides is 2. The molecule has 1 aliphatic rings. The second-order valence-electron chi connectivity index (χ2n) is 8.00. The highest BCUT2D eigenvalue weighted by molar-refractivity contribution is 7.14. The van der Waals surface area contributed by atoms with E-state index in [9.17, 15) is 19.7 Å². The lowest BCUT2D eigenvalue weighted by atomic mass is 10.1. The van der Waals surface area contributed by atoms with E-state index >= 15 is 0 Å². The van der Waals surface area contributed by atoms with E-state index in [0.717, 1.165) is 18.7 Å². The number of carbonyl (C=O) groups excluding carboxylic acids is 2. The van der Waals surface area contributed by atoms with Crippen molar-refractivity contribution in [2.75, 3.05) is 48.8 Å². The van der Waals surface area contributed by atoms with Crippen molar-refractivity contribution in [1.29, 1.82) is 0 Å². The SMILES string of the molecule is CC(=O)Nc1ccc(-c2csc(NC(=O)c3ccc(N4CCN(C)CC4)c([N+](=O)[O-])c3)n2)cc1. The van der Waals surface area contributed by atoms with Gasteiger partial charge in [0.2, 0.25) is 5.91 Å². The molecule has 0 bridgehead atoms. The molecule has 0 spiro atoms. The molecule has 2 N–H and O–H groups in total. The van der Waals surface area contributed by atoms with Crippen LogP contribution < -0.4 is 15.5 Å². The lowest BCUT2D eigenvalue weighted by Crippen LogP contribution is -2.44.